The van der Waals surface area contributed by atoms with Crippen molar-refractivity contribution in [1.29, 1.82) is 0 Å². The highest BCUT2D eigenvalue weighted by atomic mass is 35.5. The van der Waals surface area contributed by atoms with Crippen molar-refractivity contribution >= 4 is 40.9 Å². The Bertz CT molecular complexity index is 1600. The number of esters is 1. The SMILES string of the molecule is COc1ccc(C(=O)[C@H](OC(=O)c2cc(Cl)c(N3C(=O)c4ccccc4C3=O)cc2OC)c2ccccc2)cc1. The number of imide groups is 1. The van der Waals surface area contributed by atoms with Crippen LogP contribution in [0.15, 0.2) is 91.0 Å². The van der Waals surface area contributed by atoms with E-state index in [4.69, 9.17) is 25.8 Å². The molecule has 0 N–H and O–H groups in total. The van der Waals surface area contributed by atoms with Gasteiger partial charge in [0.2, 0.25) is 5.78 Å². The van der Waals surface area contributed by atoms with E-state index in [-0.39, 0.29) is 33.1 Å². The Kier molecular flexibility index (Phi) is 7.35. The predicted molar refractivity (Wildman–Crippen MR) is 148 cm³/mol. The summed E-state index contributed by atoms with van der Waals surface area (Å²) < 4.78 is 16.3. The maximum absolute atomic E-state index is 13.5. The molecule has 9 heteroatoms. The van der Waals surface area contributed by atoms with E-state index < -0.39 is 29.7 Å². The van der Waals surface area contributed by atoms with Crippen LogP contribution < -0.4 is 14.4 Å². The third kappa shape index (κ3) is 4.81. The van der Waals surface area contributed by atoms with Gasteiger partial charge in [0.05, 0.1) is 36.1 Å². The van der Waals surface area contributed by atoms with Gasteiger partial charge in [0, 0.05) is 17.2 Å². The van der Waals surface area contributed by atoms with Crippen molar-refractivity contribution in [1.82, 2.24) is 0 Å². The van der Waals surface area contributed by atoms with Crippen LogP contribution in [0.25, 0.3) is 0 Å². The molecule has 4 aromatic carbocycles. The lowest BCUT2D eigenvalue weighted by Gasteiger charge is -2.20. The fourth-order valence-electron chi connectivity index (χ4n) is 4.43. The van der Waals surface area contributed by atoms with Crippen molar-refractivity contribution < 1.29 is 33.4 Å². The van der Waals surface area contributed by atoms with Crippen LogP contribution in [0.2, 0.25) is 5.02 Å². The second-order valence-corrected chi connectivity index (χ2v) is 9.19. The Labute approximate surface area is 234 Å². The molecule has 0 bridgehead atoms. The topological polar surface area (TPSA) is 99.2 Å². The number of benzene rings is 4. The number of methoxy groups -OCH3 is 2. The molecular weight excluding hydrogens is 534 g/mol. The zero-order valence-electron chi connectivity index (χ0n) is 21.4. The molecule has 1 atom stereocenters. The average Bonchev–Trinajstić information content (AvgIpc) is 3.25. The number of hydrogen-bond donors (Lipinski definition) is 0. The molecular formula is C31H22ClNO7. The van der Waals surface area contributed by atoms with E-state index in [1.165, 1.54) is 26.4 Å². The fraction of sp³-hybridized carbons (Fsp3) is 0.0968. The van der Waals surface area contributed by atoms with Crippen LogP contribution in [0.4, 0.5) is 5.69 Å². The van der Waals surface area contributed by atoms with Gasteiger partial charge in [0.25, 0.3) is 11.8 Å². The van der Waals surface area contributed by atoms with Crippen LogP contribution in [-0.4, -0.2) is 37.8 Å². The fourth-order valence-corrected chi connectivity index (χ4v) is 4.68. The highest BCUT2D eigenvalue weighted by molar-refractivity contribution is 6.40. The first-order chi connectivity index (χ1) is 19.3. The molecule has 0 radical (unpaired) electrons. The van der Waals surface area contributed by atoms with E-state index in [2.05, 4.69) is 0 Å². The van der Waals surface area contributed by atoms with Crippen LogP contribution in [-0.2, 0) is 4.74 Å². The number of carbonyl (C=O) groups excluding carboxylic acids is 4. The van der Waals surface area contributed by atoms with Crippen LogP contribution in [0.3, 0.4) is 0 Å². The lowest BCUT2D eigenvalue weighted by Crippen LogP contribution is -2.30. The maximum Gasteiger partial charge on any atom is 0.343 e. The van der Waals surface area contributed by atoms with Gasteiger partial charge in [-0.3, -0.25) is 14.4 Å². The van der Waals surface area contributed by atoms with Gasteiger partial charge < -0.3 is 14.2 Å². The zero-order chi connectivity index (χ0) is 28.4. The number of ether oxygens (including phenoxy) is 3. The summed E-state index contributed by atoms with van der Waals surface area (Å²) in [5.74, 6) is -1.85. The maximum atomic E-state index is 13.5. The largest absolute Gasteiger partial charge is 0.497 e. The Balaban J connectivity index is 1.48. The summed E-state index contributed by atoms with van der Waals surface area (Å²) in [6.07, 6.45) is -1.28. The van der Waals surface area contributed by atoms with Crippen LogP contribution in [0.1, 0.15) is 53.1 Å². The van der Waals surface area contributed by atoms with E-state index in [1.807, 2.05) is 0 Å². The minimum atomic E-state index is -1.28. The number of hydrogen-bond acceptors (Lipinski definition) is 7. The summed E-state index contributed by atoms with van der Waals surface area (Å²) in [6.45, 7) is 0. The van der Waals surface area contributed by atoms with Gasteiger partial charge in [0.15, 0.2) is 6.10 Å². The molecule has 2 amide bonds. The second-order valence-electron chi connectivity index (χ2n) is 8.78. The highest BCUT2D eigenvalue weighted by Gasteiger charge is 2.38. The number of nitrogens with zero attached hydrogens (tertiary/aromatic N) is 1. The first kappa shape index (κ1) is 26.6. The van der Waals surface area contributed by atoms with E-state index in [1.54, 1.807) is 78.9 Å². The molecule has 5 rings (SSSR count). The number of amides is 2. The second kappa shape index (κ2) is 11.0. The lowest BCUT2D eigenvalue weighted by molar-refractivity contribution is 0.0277. The molecule has 1 heterocycles. The normalized spacial score (nSPS) is 13.0. The summed E-state index contributed by atoms with van der Waals surface area (Å²) in [7, 11) is 2.84. The predicted octanol–water partition coefficient (Wildman–Crippen LogP) is 5.94. The number of carbonyl (C=O) groups is 4. The molecule has 0 unspecified atom stereocenters. The third-order valence-corrected chi connectivity index (χ3v) is 6.77. The van der Waals surface area contributed by atoms with Gasteiger partial charge >= 0.3 is 5.97 Å². The Hall–Kier alpha value is -4.95. The zero-order valence-corrected chi connectivity index (χ0v) is 22.2. The van der Waals surface area contributed by atoms with Gasteiger partial charge in [0.1, 0.15) is 17.1 Å². The first-order valence-electron chi connectivity index (χ1n) is 12.1. The third-order valence-electron chi connectivity index (χ3n) is 6.46. The molecule has 0 aromatic heterocycles. The number of rotatable bonds is 8. The van der Waals surface area contributed by atoms with Gasteiger partial charge in [-0.2, -0.15) is 0 Å². The summed E-state index contributed by atoms with van der Waals surface area (Å²) in [5, 5.41) is -0.0556. The van der Waals surface area contributed by atoms with Crippen molar-refractivity contribution in [2.75, 3.05) is 19.1 Å². The summed E-state index contributed by atoms with van der Waals surface area (Å²) in [4.78, 5) is 53.9. The molecule has 8 nitrogen and oxygen atoms in total. The van der Waals surface area contributed by atoms with Gasteiger partial charge in [-0.25, -0.2) is 9.69 Å². The number of halogens is 1. The van der Waals surface area contributed by atoms with Crippen molar-refractivity contribution in [3.63, 3.8) is 0 Å². The van der Waals surface area contributed by atoms with Crippen LogP contribution >= 0.6 is 11.6 Å². The minimum absolute atomic E-state index is 0.00432. The van der Waals surface area contributed by atoms with E-state index in [0.29, 0.717) is 16.9 Å². The monoisotopic (exact) mass is 555 g/mol. The van der Waals surface area contributed by atoms with Crippen molar-refractivity contribution in [3.05, 3.63) is 124 Å². The van der Waals surface area contributed by atoms with Crippen LogP contribution in [0, 0.1) is 0 Å². The molecule has 4 aromatic rings. The Morgan fingerprint density at radius 1 is 0.775 bits per heavy atom. The Morgan fingerprint density at radius 2 is 1.38 bits per heavy atom. The van der Waals surface area contributed by atoms with Crippen molar-refractivity contribution in [2.24, 2.45) is 0 Å². The minimum Gasteiger partial charge on any atom is -0.497 e. The Morgan fingerprint density at radius 3 is 1.95 bits per heavy atom. The molecule has 200 valence electrons. The van der Waals surface area contributed by atoms with Crippen molar-refractivity contribution in [3.8, 4) is 11.5 Å². The van der Waals surface area contributed by atoms with Gasteiger partial charge in [-0.1, -0.05) is 54.1 Å². The molecule has 1 aliphatic heterocycles. The summed E-state index contributed by atoms with van der Waals surface area (Å²) >= 11 is 6.51. The average molecular weight is 556 g/mol. The van der Waals surface area contributed by atoms with Gasteiger partial charge in [-0.05, 0) is 42.5 Å². The number of fused-ring (bicyclic) bond motifs is 1. The van der Waals surface area contributed by atoms with Crippen LogP contribution in [0.5, 0.6) is 11.5 Å². The lowest BCUT2D eigenvalue weighted by atomic mass is 9.99. The van der Waals surface area contributed by atoms with E-state index in [9.17, 15) is 19.2 Å². The molecule has 0 fully saturated rings. The van der Waals surface area contributed by atoms with E-state index in [0.717, 1.165) is 4.90 Å². The quantitative estimate of drug-likeness (QED) is 0.151. The number of ketones is 1. The highest BCUT2D eigenvalue weighted by Crippen LogP contribution is 2.38. The smallest absolute Gasteiger partial charge is 0.343 e. The molecule has 1 aliphatic rings. The summed E-state index contributed by atoms with van der Waals surface area (Å²) in [5.41, 5.74) is 1.23. The standard InChI is InChI=1S/C31H22ClNO7/c1-38-20-14-12-18(13-15-20)27(34)28(19-8-4-3-5-9-19)40-31(37)23-16-24(32)25(17-26(23)39-2)33-29(35)21-10-6-7-11-22(21)30(33)36/h3-17,28H,1-2H3/t28-/m1/s1. The molecule has 0 saturated carbocycles. The number of anilines is 1. The molecule has 40 heavy (non-hydrogen) atoms. The molecule has 0 aliphatic carbocycles. The molecule has 0 saturated heterocycles. The molecule has 0 spiro atoms. The summed E-state index contributed by atoms with van der Waals surface area (Å²) in [6, 6.07) is 24.0. The number of Topliss-reactive ketones (excluding diaryl/α,β-unsaturated/α-hetero) is 1. The van der Waals surface area contributed by atoms with Gasteiger partial charge in [-0.15, -0.1) is 0 Å². The first-order valence-corrected chi connectivity index (χ1v) is 12.5. The van der Waals surface area contributed by atoms with Crippen molar-refractivity contribution in [2.45, 2.75) is 6.10 Å². The van der Waals surface area contributed by atoms with E-state index >= 15 is 0 Å².